The largest absolute Gasteiger partial charge is 0.486 e. The summed E-state index contributed by atoms with van der Waals surface area (Å²) in [5, 5.41) is 0. The molecule has 0 spiro atoms. The van der Waals surface area contributed by atoms with Gasteiger partial charge in [0.1, 0.15) is 17.1 Å². The van der Waals surface area contributed by atoms with E-state index in [1.165, 1.54) is 12.0 Å². The van der Waals surface area contributed by atoms with Gasteiger partial charge in [-0.3, -0.25) is 0 Å². The van der Waals surface area contributed by atoms with Crippen molar-refractivity contribution in [3.05, 3.63) is 34.4 Å². The Morgan fingerprint density at radius 1 is 1.07 bits per heavy atom. The summed E-state index contributed by atoms with van der Waals surface area (Å²) >= 11 is 0. The number of rotatable bonds is 5. The third kappa shape index (κ3) is 4.70. The number of ether oxygens (including phenoxy) is 2. The summed E-state index contributed by atoms with van der Waals surface area (Å²) in [7, 11) is 0. The molecule has 1 heterocycles. The van der Waals surface area contributed by atoms with Crippen LogP contribution in [0.2, 0.25) is 0 Å². The van der Waals surface area contributed by atoms with Crippen molar-refractivity contribution >= 4 is 5.97 Å². The molecule has 3 nitrogen and oxygen atoms in total. The summed E-state index contributed by atoms with van der Waals surface area (Å²) in [5.41, 5.74) is 4.74. The van der Waals surface area contributed by atoms with Crippen molar-refractivity contribution in [1.82, 2.24) is 0 Å². The summed E-state index contributed by atoms with van der Waals surface area (Å²) in [4.78, 5) is 12.1. The van der Waals surface area contributed by atoms with Crippen molar-refractivity contribution < 1.29 is 14.3 Å². The molecule has 3 heteroatoms. The van der Waals surface area contributed by atoms with E-state index in [9.17, 15) is 4.79 Å². The van der Waals surface area contributed by atoms with Crippen LogP contribution in [0, 0.1) is 31.6 Å². The van der Waals surface area contributed by atoms with Crippen molar-refractivity contribution in [2.24, 2.45) is 10.8 Å². The van der Waals surface area contributed by atoms with Gasteiger partial charge in [-0.25, -0.2) is 4.79 Å². The van der Waals surface area contributed by atoms with E-state index >= 15 is 0 Å². The molecule has 0 radical (unpaired) electrons. The molecule has 1 unspecified atom stereocenters. The van der Waals surface area contributed by atoms with Crippen LogP contribution in [0.5, 0.6) is 11.5 Å². The third-order valence-corrected chi connectivity index (χ3v) is 6.97. The molecule has 162 valence electrons. The minimum Gasteiger partial charge on any atom is -0.486 e. The van der Waals surface area contributed by atoms with Crippen LogP contribution in [0.1, 0.15) is 90.0 Å². The van der Waals surface area contributed by atoms with Crippen molar-refractivity contribution in [2.75, 3.05) is 0 Å². The normalized spacial score (nSPS) is 19.4. The highest BCUT2D eigenvalue weighted by atomic mass is 16.5. The van der Waals surface area contributed by atoms with Crippen LogP contribution in [0.15, 0.2) is 12.2 Å². The second kappa shape index (κ2) is 7.81. The monoisotopic (exact) mass is 400 g/mol. The summed E-state index contributed by atoms with van der Waals surface area (Å²) in [6.45, 7) is 25.3. The highest BCUT2D eigenvalue weighted by Gasteiger charge is 2.46. The number of hydrogen-bond donors (Lipinski definition) is 0. The minimum atomic E-state index is -0.375. The molecule has 0 bridgehead atoms. The van der Waals surface area contributed by atoms with Crippen LogP contribution in [-0.4, -0.2) is 11.6 Å². The molecule has 1 aliphatic heterocycles. The van der Waals surface area contributed by atoms with Gasteiger partial charge < -0.3 is 9.47 Å². The molecule has 0 aliphatic carbocycles. The molecule has 2 rings (SSSR count). The quantitative estimate of drug-likeness (QED) is 0.302. The van der Waals surface area contributed by atoms with Gasteiger partial charge in [0.2, 0.25) is 0 Å². The van der Waals surface area contributed by atoms with Crippen LogP contribution in [0.25, 0.3) is 0 Å². The van der Waals surface area contributed by atoms with Crippen molar-refractivity contribution in [1.29, 1.82) is 0 Å². The first-order valence-electron chi connectivity index (χ1n) is 10.8. The SMILES string of the molecule is C=C(C)C(=O)Oc1c(C)c(C)c2c(c1C)CCC(C)(C(C)(C)CCC(C)(C)C)O2. The Labute approximate surface area is 177 Å². The zero-order valence-electron chi connectivity index (χ0n) is 20.3. The lowest BCUT2D eigenvalue weighted by molar-refractivity contribution is -0.130. The number of carbonyl (C=O) groups excluding carboxylic acids is 1. The zero-order chi connectivity index (χ0) is 22.4. The second-order valence-corrected chi connectivity index (χ2v) is 11.0. The lowest BCUT2D eigenvalue weighted by atomic mass is 9.67. The van der Waals surface area contributed by atoms with E-state index < -0.39 is 0 Å². The first-order chi connectivity index (χ1) is 13.1. The summed E-state index contributed by atoms with van der Waals surface area (Å²) < 4.78 is 12.5. The maximum absolute atomic E-state index is 12.1. The fourth-order valence-corrected chi connectivity index (χ4v) is 4.00. The molecule has 1 atom stereocenters. The van der Waals surface area contributed by atoms with Crippen molar-refractivity contribution in [3.63, 3.8) is 0 Å². The standard InChI is InChI=1S/C26H40O3/c1-16(2)23(27)28-21-17(3)18(4)22-20(19(21)5)12-13-26(11,29-22)25(9,10)15-14-24(6,7)8/h1,12-15H2,2-11H3. The summed E-state index contributed by atoms with van der Waals surface area (Å²) in [6.07, 6.45) is 4.16. The molecule has 1 aromatic carbocycles. The number of benzene rings is 1. The van der Waals surface area contributed by atoms with Gasteiger partial charge in [0.05, 0.1) is 0 Å². The Bertz CT molecular complexity index is 824. The van der Waals surface area contributed by atoms with Crippen molar-refractivity contribution in [2.45, 2.75) is 101 Å². The molecule has 1 aliphatic rings. The van der Waals surface area contributed by atoms with Gasteiger partial charge in [-0.2, -0.15) is 0 Å². The molecule has 0 N–H and O–H groups in total. The molecule has 29 heavy (non-hydrogen) atoms. The van der Waals surface area contributed by atoms with E-state index in [1.807, 2.05) is 13.8 Å². The molecular weight excluding hydrogens is 360 g/mol. The van der Waals surface area contributed by atoms with Gasteiger partial charge in [-0.1, -0.05) is 41.2 Å². The Hall–Kier alpha value is -1.77. The van der Waals surface area contributed by atoms with E-state index in [2.05, 4.69) is 55.0 Å². The molecule has 0 saturated heterocycles. The smallest absolute Gasteiger partial charge is 0.338 e. The van der Waals surface area contributed by atoms with E-state index in [4.69, 9.17) is 9.47 Å². The van der Waals surface area contributed by atoms with Crippen LogP contribution >= 0.6 is 0 Å². The van der Waals surface area contributed by atoms with Crippen LogP contribution in [0.3, 0.4) is 0 Å². The molecule has 0 amide bonds. The Morgan fingerprint density at radius 2 is 1.66 bits per heavy atom. The highest BCUT2D eigenvalue weighted by molar-refractivity contribution is 5.89. The van der Waals surface area contributed by atoms with Crippen LogP contribution in [0.4, 0.5) is 0 Å². The molecule has 0 fully saturated rings. The maximum Gasteiger partial charge on any atom is 0.338 e. The number of fused-ring (bicyclic) bond motifs is 1. The fourth-order valence-electron chi connectivity index (χ4n) is 4.00. The Kier molecular flexibility index (Phi) is 6.33. The minimum absolute atomic E-state index is 0.0529. The van der Waals surface area contributed by atoms with Gasteiger partial charge in [-0.15, -0.1) is 0 Å². The Morgan fingerprint density at radius 3 is 2.17 bits per heavy atom. The first-order valence-corrected chi connectivity index (χ1v) is 10.8. The molecule has 0 aromatic heterocycles. The number of carbonyl (C=O) groups is 1. The van der Waals surface area contributed by atoms with Crippen LogP contribution < -0.4 is 9.47 Å². The summed E-state index contributed by atoms with van der Waals surface area (Å²) in [5.74, 6) is 1.27. The fraction of sp³-hybridized carbons (Fsp3) is 0.654. The number of esters is 1. The van der Waals surface area contributed by atoms with Gasteiger partial charge in [0.15, 0.2) is 0 Å². The molecule has 0 saturated carbocycles. The number of hydrogen-bond acceptors (Lipinski definition) is 3. The van der Waals surface area contributed by atoms with E-state index in [0.717, 1.165) is 41.7 Å². The van der Waals surface area contributed by atoms with E-state index in [-0.39, 0.29) is 17.0 Å². The zero-order valence-corrected chi connectivity index (χ0v) is 20.3. The first kappa shape index (κ1) is 23.5. The van der Waals surface area contributed by atoms with Gasteiger partial charge >= 0.3 is 5.97 Å². The second-order valence-electron chi connectivity index (χ2n) is 11.0. The Balaban J connectivity index is 2.42. The average molecular weight is 401 g/mol. The van der Waals surface area contributed by atoms with E-state index in [1.54, 1.807) is 6.92 Å². The van der Waals surface area contributed by atoms with Gasteiger partial charge in [-0.05, 0) is 82.4 Å². The van der Waals surface area contributed by atoms with Crippen LogP contribution in [-0.2, 0) is 11.2 Å². The highest BCUT2D eigenvalue weighted by Crippen LogP contribution is 2.50. The predicted octanol–water partition coefficient (Wildman–Crippen LogP) is 7.03. The lowest BCUT2D eigenvalue weighted by Gasteiger charge is -2.48. The summed E-state index contributed by atoms with van der Waals surface area (Å²) in [6, 6.07) is 0. The lowest BCUT2D eigenvalue weighted by Crippen LogP contribution is -2.50. The topological polar surface area (TPSA) is 35.5 Å². The third-order valence-electron chi connectivity index (χ3n) is 6.97. The van der Waals surface area contributed by atoms with E-state index in [0.29, 0.717) is 16.7 Å². The van der Waals surface area contributed by atoms with Gasteiger partial charge in [0.25, 0.3) is 0 Å². The van der Waals surface area contributed by atoms with Gasteiger partial charge in [0, 0.05) is 16.6 Å². The predicted molar refractivity (Wildman–Crippen MR) is 121 cm³/mol. The molecule has 1 aromatic rings. The molecular formula is C26H40O3. The van der Waals surface area contributed by atoms with Crippen molar-refractivity contribution in [3.8, 4) is 11.5 Å². The maximum atomic E-state index is 12.1. The average Bonchev–Trinajstić information content (AvgIpc) is 2.60.